The number of ether oxygens (including phenoxy) is 3. The molecule has 0 saturated heterocycles. The number of amides is 1. The molecule has 0 aliphatic heterocycles. The molecule has 1 atom stereocenters. The minimum Gasteiger partial charge on any atom is -0.459 e. The molecule has 0 aliphatic carbocycles. The SMILES string of the molecule is CC(C)(C)OC(=O)CN(CC(=O)OC(C)(C)C)[C@@H](CCCCNC(=O)CCCCCN)C(=O)OC(C)(C)C. The van der Waals surface area contributed by atoms with E-state index in [4.69, 9.17) is 19.9 Å². The second kappa shape index (κ2) is 16.7. The topological polar surface area (TPSA) is 137 Å². The summed E-state index contributed by atoms with van der Waals surface area (Å²) in [5, 5.41) is 2.90. The number of rotatable bonds is 16. The molecule has 0 saturated carbocycles. The van der Waals surface area contributed by atoms with Gasteiger partial charge in [-0.15, -0.1) is 0 Å². The normalized spacial score (nSPS) is 13.1. The summed E-state index contributed by atoms with van der Waals surface area (Å²) in [6.45, 7) is 16.3. The average molecular weight is 544 g/mol. The molecule has 3 N–H and O–H groups in total. The van der Waals surface area contributed by atoms with Gasteiger partial charge in [0.05, 0.1) is 13.1 Å². The molecule has 10 nitrogen and oxygen atoms in total. The van der Waals surface area contributed by atoms with E-state index in [-0.39, 0.29) is 19.0 Å². The third-order valence-corrected chi connectivity index (χ3v) is 4.96. The van der Waals surface area contributed by atoms with Crippen molar-refractivity contribution in [3.8, 4) is 0 Å². The smallest absolute Gasteiger partial charge is 0.323 e. The van der Waals surface area contributed by atoms with Gasteiger partial charge in [0, 0.05) is 13.0 Å². The van der Waals surface area contributed by atoms with E-state index in [0.29, 0.717) is 38.8 Å². The third-order valence-electron chi connectivity index (χ3n) is 4.96. The predicted octanol–water partition coefficient (Wildman–Crippen LogP) is 3.49. The fourth-order valence-corrected chi connectivity index (χ4v) is 3.56. The zero-order valence-electron chi connectivity index (χ0n) is 25.2. The fraction of sp³-hybridized carbons (Fsp3) is 0.857. The Morgan fingerprint density at radius 3 is 1.66 bits per heavy atom. The van der Waals surface area contributed by atoms with Crippen LogP contribution < -0.4 is 11.1 Å². The van der Waals surface area contributed by atoms with Crippen molar-refractivity contribution in [1.82, 2.24) is 10.2 Å². The largest absolute Gasteiger partial charge is 0.459 e. The summed E-state index contributed by atoms with van der Waals surface area (Å²) >= 11 is 0. The molecular formula is C28H53N3O7. The number of nitrogens with zero attached hydrogens (tertiary/aromatic N) is 1. The highest BCUT2D eigenvalue weighted by Gasteiger charge is 2.34. The van der Waals surface area contributed by atoms with Crippen molar-refractivity contribution in [3.05, 3.63) is 0 Å². The highest BCUT2D eigenvalue weighted by Crippen LogP contribution is 2.18. The minimum absolute atomic E-state index is 0.0119. The van der Waals surface area contributed by atoms with E-state index in [1.807, 2.05) is 0 Å². The molecule has 0 unspecified atom stereocenters. The quantitative estimate of drug-likeness (QED) is 0.170. The molecule has 0 aliphatic rings. The van der Waals surface area contributed by atoms with E-state index in [9.17, 15) is 19.2 Å². The van der Waals surface area contributed by atoms with Crippen LogP contribution in [0.4, 0.5) is 0 Å². The van der Waals surface area contributed by atoms with Crippen LogP contribution in [0, 0.1) is 0 Å². The zero-order valence-corrected chi connectivity index (χ0v) is 25.2. The molecule has 0 rings (SSSR count). The first-order valence-electron chi connectivity index (χ1n) is 13.7. The maximum Gasteiger partial charge on any atom is 0.323 e. The molecular weight excluding hydrogens is 490 g/mol. The zero-order chi connectivity index (χ0) is 29.6. The van der Waals surface area contributed by atoms with Crippen LogP contribution in [0.1, 0.15) is 107 Å². The maximum absolute atomic E-state index is 13.2. The Labute approximate surface area is 229 Å². The van der Waals surface area contributed by atoms with Crippen LogP contribution in [0.2, 0.25) is 0 Å². The molecule has 10 heteroatoms. The van der Waals surface area contributed by atoms with Gasteiger partial charge in [-0.3, -0.25) is 24.1 Å². The second-order valence-corrected chi connectivity index (χ2v) is 12.6. The number of esters is 3. The summed E-state index contributed by atoms with van der Waals surface area (Å²) in [5.74, 6) is -1.66. The van der Waals surface area contributed by atoms with Crippen molar-refractivity contribution in [3.63, 3.8) is 0 Å². The minimum atomic E-state index is -0.874. The lowest BCUT2D eigenvalue weighted by atomic mass is 10.1. The lowest BCUT2D eigenvalue weighted by molar-refractivity contribution is -0.168. The van der Waals surface area contributed by atoms with Gasteiger partial charge in [-0.2, -0.15) is 0 Å². The molecule has 0 heterocycles. The number of carbonyl (C=O) groups excluding carboxylic acids is 4. The fourth-order valence-electron chi connectivity index (χ4n) is 3.56. The molecule has 38 heavy (non-hydrogen) atoms. The lowest BCUT2D eigenvalue weighted by Crippen LogP contribution is -2.50. The molecule has 0 bridgehead atoms. The second-order valence-electron chi connectivity index (χ2n) is 12.6. The number of carbonyl (C=O) groups is 4. The number of nitrogens with two attached hydrogens (primary N) is 1. The van der Waals surface area contributed by atoms with Gasteiger partial charge in [0.2, 0.25) is 5.91 Å². The van der Waals surface area contributed by atoms with Crippen molar-refractivity contribution in [2.45, 2.75) is 130 Å². The summed E-state index contributed by atoms with van der Waals surface area (Å²) in [4.78, 5) is 52.1. The Morgan fingerprint density at radius 2 is 1.21 bits per heavy atom. The summed E-state index contributed by atoms with van der Waals surface area (Å²) in [6.07, 6.45) is 4.60. The molecule has 0 radical (unpaired) electrons. The highest BCUT2D eigenvalue weighted by molar-refractivity contribution is 5.80. The third kappa shape index (κ3) is 19.9. The number of hydrogen-bond donors (Lipinski definition) is 2. The van der Waals surface area contributed by atoms with Gasteiger partial charge in [0.25, 0.3) is 0 Å². The number of nitrogens with one attached hydrogen (secondary N) is 1. The molecule has 0 fully saturated rings. The lowest BCUT2D eigenvalue weighted by Gasteiger charge is -2.33. The van der Waals surface area contributed by atoms with Crippen molar-refractivity contribution in [1.29, 1.82) is 0 Å². The van der Waals surface area contributed by atoms with E-state index in [1.165, 1.54) is 4.90 Å². The van der Waals surface area contributed by atoms with Crippen molar-refractivity contribution in [2.75, 3.05) is 26.2 Å². The van der Waals surface area contributed by atoms with Crippen LogP contribution in [0.3, 0.4) is 0 Å². The van der Waals surface area contributed by atoms with Gasteiger partial charge in [-0.1, -0.05) is 6.42 Å². The van der Waals surface area contributed by atoms with Gasteiger partial charge < -0.3 is 25.3 Å². The molecule has 222 valence electrons. The Bertz CT molecular complexity index is 719. The van der Waals surface area contributed by atoms with Gasteiger partial charge in [-0.25, -0.2) is 0 Å². The van der Waals surface area contributed by atoms with Crippen LogP contribution in [0.5, 0.6) is 0 Å². The van der Waals surface area contributed by atoms with Crippen LogP contribution in [0.15, 0.2) is 0 Å². The first-order chi connectivity index (χ1) is 17.3. The molecule has 0 aromatic rings. The molecule has 1 amide bonds. The number of unbranched alkanes of at least 4 members (excludes halogenated alkanes) is 3. The Morgan fingerprint density at radius 1 is 0.711 bits per heavy atom. The summed E-state index contributed by atoms with van der Waals surface area (Å²) in [7, 11) is 0. The van der Waals surface area contributed by atoms with Crippen LogP contribution >= 0.6 is 0 Å². The maximum atomic E-state index is 13.2. The van der Waals surface area contributed by atoms with Crippen LogP contribution in [0.25, 0.3) is 0 Å². The van der Waals surface area contributed by atoms with E-state index in [2.05, 4.69) is 5.32 Å². The van der Waals surface area contributed by atoms with Crippen molar-refractivity contribution >= 4 is 23.8 Å². The Balaban J connectivity index is 5.45. The summed E-state index contributed by atoms with van der Waals surface area (Å²) in [6, 6.07) is -0.874. The van der Waals surface area contributed by atoms with E-state index < -0.39 is 40.8 Å². The summed E-state index contributed by atoms with van der Waals surface area (Å²) < 4.78 is 16.6. The van der Waals surface area contributed by atoms with Gasteiger partial charge >= 0.3 is 17.9 Å². The Kier molecular flexibility index (Phi) is 15.7. The van der Waals surface area contributed by atoms with E-state index >= 15 is 0 Å². The van der Waals surface area contributed by atoms with Crippen LogP contribution in [-0.2, 0) is 33.4 Å². The average Bonchev–Trinajstić information content (AvgIpc) is 2.69. The number of hydrogen-bond acceptors (Lipinski definition) is 9. The Hall–Kier alpha value is -2.20. The predicted molar refractivity (Wildman–Crippen MR) is 147 cm³/mol. The summed E-state index contributed by atoms with van der Waals surface area (Å²) in [5.41, 5.74) is 3.28. The molecule has 0 spiro atoms. The van der Waals surface area contributed by atoms with E-state index in [0.717, 1.165) is 19.3 Å². The van der Waals surface area contributed by atoms with Crippen molar-refractivity contribution < 1.29 is 33.4 Å². The monoisotopic (exact) mass is 543 g/mol. The van der Waals surface area contributed by atoms with E-state index in [1.54, 1.807) is 62.3 Å². The van der Waals surface area contributed by atoms with Gasteiger partial charge in [0.1, 0.15) is 22.8 Å². The first-order valence-corrected chi connectivity index (χ1v) is 13.7. The van der Waals surface area contributed by atoms with Crippen LogP contribution in [-0.4, -0.2) is 77.7 Å². The van der Waals surface area contributed by atoms with Gasteiger partial charge in [0.15, 0.2) is 0 Å². The first kappa shape index (κ1) is 35.8. The van der Waals surface area contributed by atoms with Crippen molar-refractivity contribution in [2.24, 2.45) is 5.73 Å². The van der Waals surface area contributed by atoms with Gasteiger partial charge in [-0.05, 0) is 101 Å². The standard InChI is InChI=1S/C28H53N3O7/c1-26(2,3)36-23(33)19-31(20-24(34)37-27(4,5)6)21(25(35)38-28(7,8)9)15-12-14-18-30-22(32)16-11-10-13-17-29/h21H,10-20,29H2,1-9H3,(H,30,32)/t21-/m0/s1. The molecule has 0 aromatic carbocycles. The molecule has 0 aromatic heterocycles. The highest BCUT2D eigenvalue weighted by atomic mass is 16.6.